The van der Waals surface area contributed by atoms with E-state index < -0.39 is 0 Å². The lowest BCUT2D eigenvalue weighted by Crippen LogP contribution is -1.96. The SMILES string of the molecule is COC(C)c1cnn2cccnc12. The predicted molar refractivity (Wildman–Crippen MR) is 48.4 cm³/mol. The van der Waals surface area contributed by atoms with E-state index in [-0.39, 0.29) is 6.10 Å². The number of aromatic nitrogens is 3. The number of methoxy groups -OCH3 is 1. The molecule has 1 atom stereocenters. The number of hydrogen-bond acceptors (Lipinski definition) is 3. The van der Waals surface area contributed by atoms with Gasteiger partial charge in [0.15, 0.2) is 5.65 Å². The van der Waals surface area contributed by atoms with Crippen LogP contribution in [-0.4, -0.2) is 21.7 Å². The lowest BCUT2D eigenvalue weighted by Gasteiger charge is -2.05. The van der Waals surface area contributed by atoms with Crippen molar-refractivity contribution in [1.82, 2.24) is 14.6 Å². The highest BCUT2D eigenvalue weighted by Crippen LogP contribution is 2.18. The second-order valence-electron chi connectivity index (χ2n) is 2.87. The number of fused-ring (bicyclic) bond motifs is 1. The molecule has 0 fully saturated rings. The van der Waals surface area contributed by atoms with Crippen molar-refractivity contribution in [2.45, 2.75) is 13.0 Å². The molecule has 0 aliphatic carbocycles. The molecule has 2 heterocycles. The summed E-state index contributed by atoms with van der Waals surface area (Å²) in [6.45, 7) is 1.98. The van der Waals surface area contributed by atoms with Gasteiger partial charge in [-0.2, -0.15) is 5.10 Å². The zero-order chi connectivity index (χ0) is 9.26. The summed E-state index contributed by atoms with van der Waals surface area (Å²) in [4.78, 5) is 4.23. The molecule has 0 aromatic carbocycles. The Morgan fingerprint density at radius 2 is 2.38 bits per heavy atom. The van der Waals surface area contributed by atoms with Crippen molar-refractivity contribution in [3.8, 4) is 0 Å². The Morgan fingerprint density at radius 3 is 3.15 bits per heavy atom. The number of rotatable bonds is 2. The largest absolute Gasteiger partial charge is 0.377 e. The van der Waals surface area contributed by atoms with E-state index in [1.165, 1.54) is 0 Å². The molecule has 0 bridgehead atoms. The highest BCUT2D eigenvalue weighted by molar-refractivity contribution is 5.46. The predicted octanol–water partition coefficient (Wildman–Crippen LogP) is 1.44. The molecule has 0 saturated heterocycles. The molecule has 68 valence electrons. The Balaban J connectivity index is 2.57. The van der Waals surface area contributed by atoms with Crippen LogP contribution in [0, 0.1) is 0 Å². The summed E-state index contributed by atoms with van der Waals surface area (Å²) in [6, 6.07) is 1.85. The summed E-state index contributed by atoms with van der Waals surface area (Å²) in [5.41, 5.74) is 1.87. The second-order valence-corrected chi connectivity index (χ2v) is 2.87. The Kier molecular flexibility index (Phi) is 1.98. The summed E-state index contributed by atoms with van der Waals surface area (Å²) < 4.78 is 6.95. The van der Waals surface area contributed by atoms with Crippen molar-refractivity contribution in [1.29, 1.82) is 0 Å². The lowest BCUT2D eigenvalue weighted by molar-refractivity contribution is 0.120. The molecule has 0 aliphatic rings. The van der Waals surface area contributed by atoms with Crippen LogP contribution in [0.2, 0.25) is 0 Å². The van der Waals surface area contributed by atoms with Gasteiger partial charge in [0.1, 0.15) is 0 Å². The van der Waals surface area contributed by atoms with E-state index >= 15 is 0 Å². The monoisotopic (exact) mass is 177 g/mol. The summed E-state index contributed by atoms with van der Waals surface area (Å²) in [5.74, 6) is 0. The molecular formula is C9H11N3O. The normalized spacial score (nSPS) is 13.4. The molecule has 0 aliphatic heterocycles. The van der Waals surface area contributed by atoms with Gasteiger partial charge in [-0.1, -0.05) is 0 Å². The minimum atomic E-state index is 0.0346. The van der Waals surface area contributed by atoms with Gasteiger partial charge < -0.3 is 4.74 Å². The zero-order valence-electron chi connectivity index (χ0n) is 7.64. The summed E-state index contributed by atoms with van der Waals surface area (Å²) in [6.07, 6.45) is 5.44. The molecule has 0 N–H and O–H groups in total. The third-order valence-corrected chi connectivity index (χ3v) is 2.10. The lowest BCUT2D eigenvalue weighted by atomic mass is 10.2. The molecule has 1 unspecified atom stereocenters. The van der Waals surface area contributed by atoms with Gasteiger partial charge in [-0.15, -0.1) is 0 Å². The van der Waals surface area contributed by atoms with Gasteiger partial charge in [0, 0.05) is 25.1 Å². The zero-order valence-corrected chi connectivity index (χ0v) is 7.64. The Labute approximate surface area is 76.2 Å². The molecule has 0 amide bonds. The average molecular weight is 177 g/mol. The van der Waals surface area contributed by atoms with Crippen LogP contribution in [0.3, 0.4) is 0 Å². The molecule has 4 heteroatoms. The maximum atomic E-state index is 5.21. The topological polar surface area (TPSA) is 39.4 Å². The van der Waals surface area contributed by atoms with Crippen LogP contribution >= 0.6 is 0 Å². The second kappa shape index (κ2) is 3.14. The van der Waals surface area contributed by atoms with E-state index in [0.29, 0.717) is 0 Å². The van der Waals surface area contributed by atoms with Gasteiger partial charge in [0.25, 0.3) is 0 Å². The standard InChI is InChI=1S/C9H11N3O/c1-7(13-2)8-6-11-12-5-3-4-10-9(8)12/h3-7H,1-2H3. The first-order valence-electron chi connectivity index (χ1n) is 4.14. The number of nitrogens with zero attached hydrogens (tertiary/aromatic N) is 3. The first-order valence-corrected chi connectivity index (χ1v) is 4.14. The van der Waals surface area contributed by atoms with Crippen molar-refractivity contribution in [3.63, 3.8) is 0 Å². The Hall–Kier alpha value is -1.42. The number of hydrogen-bond donors (Lipinski definition) is 0. The van der Waals surface area contributed by atoms with Crippen molar-refractivity contribution in [2.75, 3.05) is 7.11 Å². The molecule has 2 aromatic rings. The van der Waals surface area contributed by atoms with E-state index in [1.54, 1.807) is 24.0 Å². The highest BCUT2D eigenvalue weighted by Gasteiger charge is 2.10. The minimum absolute atomic E-state index is 0.0346. The van der Waals surface area contributed by atoms with Crippen molar-refractivity contribution >= 4 is 5.65 Å². The average Bonchev–Trinajstić information content (AvgIpc) is 2.60. The van der Waals surface area contributed by atoms with Crippen LogP contribution in [0.1, 0.15) is 18.6 Å². The van der Waals surface area contributed by atoms with Gasteiger partial charge in [-0.3, -0.25) is 0 Å². The third kappa shape index (κ3) is 1.29. The van der Waals surface area contributed by atoms with Crippen LogP contribution in [0.4, 0.5) is 0 Å². The van der Waals surface area contributed by atoms with E-state index in [1.807, 2.05) is 19.2 Å². The molecule has 13 heavy (non-hydrogen) atoms. The Bertz CT molecular complexity index is 410. The number of ether oxygens (including phenoxy) is 1. The van der Waals surface area contributed by atoms with Crippen LogP contribution in [0.15, 0.2) is 24.7 Å². The summed E-state index contributed by atoms with van der Waals surface area (Å²) in [5, 5.41) is 4.16. The van der Waals surface area contributed by atoms with Gasteiger partial charge in [-0.05, 0) is 13.0 Å². The van der Waals surface area contributed by atoms with Crippen molar-refractivity contribution in [3.05, 3.63) is 30.2 Å². The Morgan fingerprint density at radius 1 is 1.54 bits per heavy atom. The highest BCUT2D eigenvalue weighted by atomic mass is 16.5. The van der Waals surface area contributed by atoms with Crippen LogP contribution in [0.25, 0.3) is 5.65 Å². The maximum Gasteiger partial charge on any atom is 0.160 e. The fraction of sp³-hybridized carbons (Fsp3) is 0.333. The smallest absolute Gasteiger partial charge is 0.160 e. The summed E-state index contributed by atoms with van der Waals surface area (Å²) >= 11 is 0. The molecule has 0 saturated carbocycles. The van der Waals surface area contributed by atoms with Gasteiger partial charge in [-0.25, -0.2) is 9.50 Å². The van der Waals surface area contributed by atoms with Crippen molar-refractivity contribution < 1.29 is 4.74 Å². The fourth-order valence-corrected chi connectivity index (χ4v) is 1.26. The molecule has 2 aromatic heterocycles. The quantitative estimate of drug-likeness (QED) is 0.696. The molecular weight excluding hydrogens is 166 g/mol. The van der Waals surface area contributed by atoms with E-state index in [2.05, 4.69) is 10.1 Å². The first kappa shape index (κ1) is 8.19. The maximum absolute atomic E-state index is 5.21. The van der Waals surface area contributed by atoms with Gasteiger partial charge in [0.2, 0.25) is 0 Å². The van der Waals surface area contributed by atoms with E-state index in [4.69, 9.17) is 4.74 Å². The molecule has 0 radical (unpaired) electrons. The van der Waals surface area contributed by atoms with Crippen LogP contribution in [-0.2, 0) is 4.74 Å². The fourth-order valence-electron chi connectivity index (χ4n) is 1.26. The molecule has 4 nitrogen and oxygen atoms in total. The van der Waals surface area contributed by atoms with Gasteiger partial charge in [0.05, 0.1) is 12.3 Å². The minimum Gasteiger partial charge on any atom is -0.377 e. The summed E-state index contributed by atoms with van der Waals surface area (Å²) in [7, 11) is 1.68. The van der Waals surface area contributed by atoms with E-state index in [9.17, 15) is 0 Å². The third-order valence-electron chi connectivity index (χ3n) is 2.10. The molecule has 0 spiro atoms. The van der Waals surface area contributed by atoms with Crippen molar-refractivity contribution in [2.24, 2.45) is 0 Å². The first-order chi connectivity index (χ1) is 6.33. The molecule has 2 rings (SSSR count). The van der Waals surface area contributed by atoms with E-state index in [0.717, 1.165) is 11.2 Å². The van der Waals surface area contributed by atoms with Gasteiger partial charge >= 0.3 is 0 Å². The van der Waals surface area contributed by atoms with Crippen LogP contribution in [0.5, 0.6) is 0 Å². The van der Waals surface area contributed by atoms with Crippen LogP contribution < -0.4 is 0 Å².